The molecule has 4 heteroatoms. The summed E-state index contributed by atoms with van der Waals surface area (Å²) < 4.78 is 5.39. The van der Waals surface area contributed by atoms with Crippen molar-refractivity contribution in [2.45, 2.75) is 38.4 Å². The van der Waals surface area contributed by atoms with Crippen LogP contribution in [0.1, 0.15) is 27.2 Å². The molecule has 1 heterocycles. The van der Waals surface area contributed by atoms with Gasteiger partial charge in [-0.15, -0.1) is 0 Å². The molecule has 1 N–H and O–H groups in total. The summed E-state index contributed by atoms with van der Waals surface area (Å²) in [6.07, 6.45) is 3.18. The molecule has 1 aliphatic carbocycles. The lowest BCUT2D eigenvalue weighted by Gasteiger charge is -2.35. The molecular weight excluding hydrogens is 208 g/mol. The Hall–Kier alpha value is -1.42. The summed E-state index contributed by atoms with van der Waals surface area (Å²) >= 11 is 0. The summed E-state index contributed by atoms with van der Waals surface area (Å²) in [7, 11) is 0. The zero-order valence-corrected chi connectivity index (χ0v) is 9.53. The van der Waals surface area contributed by atoms with E-state index in [1.807, 2.05) is 13.8 Å². The number of Topliss-reactive ketones (excluding diaryl/α,β-unsaturated/α-hetero) is 1. The molecule has 4 nitrogen and oxygen atoms in total. The van der Waals surface area contributed by atoms with Gasteiger partial charge in [-0.3, -0.25) is 9.59 Å². The van der Waals surface area contributed by atoms with Crippen LogP contribution in [0.2, 0.25) is 0 Å². The lowest BCUT2D eigenvalue weighted by atomic mass is 9.77. The van der Waals surface area contributed by atoms with Crippen molar-refractivity contribution in [3.8, 4) is 0 Å². The van der Waals surface area contributed by atoms with E-state index in [0.717, 1.165) is 0 Å². The first-order valence-electron chi connectivity index (χ1n) is 5.14. The number of fused-ring (bicyclic) bond motifs is 1. The van der Waals surface area contributed by atoms with Gasteiger partial charge in [-0.25, -0.2) is 0 Å². The van der Waals surface area contributed by atoms with Gasteiger partial charge in [0.25, 0.3) is 0 Å². The third kappa shape index (κ3) is 1.50. The van der Waals surface area contributed by atoms with E-state index in [2.05, 4.69) is 0 Å². The van der Waals surface area contributed by atoms with E-state index in [-0.39, 0.29) is 0 Å². The fourth-order valence-corrected chi connectivity index (χ4v) is 1.89. The molecule has 0 fully saturated rings. The number of aliphatic hydroxyl groups is 1. The molecule has 0 bridgehead atoms. The highest BCUT2D eigenvalue weighted by Gasteiger charge is 2.46. The molecular formula is C12H14O4. The minimum atomic E-state index is -1.94. The molecule has 2 rings (SSSR count). The van der Waals surface area contributed by atoms with Gasteiger partial charge < -0.3 is 9.84 Å². The van der Waals surface area contributed by atoms with Crippen LogP contribution in [0, 0.1) is 0 Å². The maximum Gasteiger partial charge on any atom is 0.205 e. The SMILES string of the molecule is CC1(C)CC2=CC(=O)C(C)(O)C(=O)C2=CO1. The fourth-order valence-electron chi connectivity index (χ4n) is 1.89. The van der Waals surface area contributed by atoms with Gasteiger partial charge in [0.15, 0.2) is 11.4 Å². The molecule has 0 amide bonds. The van der Waals surface area contributed by atoms with E-state index in [0.29, 0.717) is 17.6 Å². The summed E-state index contributed by atoms with van der Waals surface area (Å²) in [4.78, 5) is 23.4. The summed E-state index contributed by atoms with van der Waals surface area (Å²) in [5.74, 6) is -1.13. The summed E-state index contributed by atoms with van der Waals surface area (Å²) in [5.41, 5.74) is -1.40. The second-order valence-electron chi connectivity index (χ2n) is 5.02. The van der Waals surface area contributed by atoms with Crippen LogP contribution >= 0.6 is 0 Å². The molecule has 2 aliphatic rings. The van der Waals surface area contributed by atoms with Crippen LogP contribution < -0.4 is 0 Å². The van der Waals surface area contributed by atoms with Crippen LogP contribution in [0.25, 0.3) is 0 Å². The standard InChI is InChI=1S/C12H14O4/c1-11(2)5-7-4-9(13)12(3,15)10(14)8(7)6-16-11/h4,6,15H,5H2,1-3H3. The number of hydrogen-bond acceptors (Lipinski definition) is 4. The Bertz CT molecular complexity index is 438. The highest BCUT2D eigenvalue weighted by Crippen LogP contribution is 2.36. The minimum absolute atomic E-state index is 0.309. The van der Waals surface area contributed by atoms with Crippen molar-refractivity contribution in [2.75, 3.05) is 0 Å². The van der Waals surface area contributed by atoms with Crippen molar-refractivity contribution in [3.63, 3.8) is 0 Å². The smallest absolute Gasteiger partial charge is 0.205 e. The summed E-state index contributed by atoms with van der Waals surface area (Å²) in [5, 5.41) is 9.74. The zero-order chi connectivity index (χ0) is 12.1. The quantitative estimate of drug-likeness (QED) is 0.618. The predicted molar refractivity (Wildman–Crippen MR) is 56.6 cm³/mol. The number of carbonyl (C=O) groups excluding carboxylic acids is 2. The Kier molecular flexibility index (Phi) is 2.11. The maximum atomic E-state index is 11.8. The zero-order valence-electron chi connectivity index (χ0n) is 9.53. The first-order valence-corrected chi connectivity index (χ1v) is 5.14. The topological polar surface area (TPSA) is 63.6 Å². The lowest BCUT2D eigenvalue weighted by Crippen LogP contribution is -2.48. The number of ketones is 2. The average Bonchev–Trinajstić information content (AvgIpc) is 2.13. The molecule has 0 aromatic carbocycles. The van der Waals surface area contributed by atoms with Crippen LogP contribution in [-0.2, 0) is 14.3 Å². The first kappa shape index (κ1) is 11.1. The van der Waals surface area contributed by atoms with Crippen LogP contribution in [0.4, 0.5) is 0 Å². The van der Waals surface area contributed by atoms with Gasteiger partial charge in [-0.2, -0.15) is 0 Å². The van der Waals surface area contributed by atoms with Crippen molar-refractivity contribution in [1.29, 1.82) is 0 Å². The largest absolute Gasteiger partial charge is 0.494 e. The lowest BCUT2D eigenvalue weighted by molar-refractivity contribution is -0.144. The third-order valence-corrected chi connectivity index (χ3v) is 2.93. The Morgan fingerprint density at radius 3 is 2.56 bits per heavy atom. The molecule has 0 aromatic heterocycles. The number of ether oxygens (including phenoxy) is 1. The number of hydrogen-bond donors (Lipinski definition) is 1. The molecule has 0 aromatic rings. The van der Waals surface area contributed by atoms with Crippen molar-refractivity contribution < 1.29 is 19.4 Å². The van der Waals surface area contributed by atoms with Crippen molar-refractivity contribution >= 4 is 11.6 Å². The molecule has 1 aliphatic heterocycles. The Balaban J connectivity index is 2.50. The Morgan fingerprint density at radius 2 is 1.94 bits per heavy atom. The van der Waals surface area contributed by atoms with Gasteiger partial charge in [0.1, 0.15) is 5.60 Å². The molecule has 1 atom stereocenters. The van der Waals surface area contributed by atoms with Crippen LogP contribution in [-0.4, -0.2) is 27.9 Å². The summed E-state index contributed by atoms with van der Waals surface area (Å²) in [6, 6.07) is 0. The number of rotatable bonds is 0. The van der Waals surface area contributed by atoms with Crippen molar-refractivity contribution in [2.24, 2.45) is 0 Å². The van der Waals surface area contributed by atoms with Gasteiger partial charge in [0.05, 0.1) is 11.8 Å². The molecule has 86 valence electrons. The molecule has 1 unspecified atom stereocenters. The third-order valence-electron chi connectivity index (χ3n) is 2.93. The second kappa shape index (κ2) is 3.04. The van der Waals surface area contributed by atoms with E-state index in [1.54, 1.807) is 0 Å². The highest BCUT2D eigenvalue weighted by molar-refractivity contribution is 6.25. The second-order valence-corrected chi connectivity index (χ2v) is 5.02. The van der Waals surface area contributed by atoms with Gasteiger partial charge >= 0.3 is 0 Å². The normalized spacial score (nSPS) is 32.5. The van der Waals surface area contributed by atoms with Crippen LogP contribution in [0.3, 0.4) is 0 Å². The monoisotopic (exact) mass is 222 g/mol. The first-order chi connectivity index (χ1) is 7.24. The maximum absolute atomic E-state index is 11.8. The van der Waals surface area contributed by atoms with Gasteiger partial charge in [-0.1, -0.05) is 0 Å². The summed E-state index contributed by atoms with van der Waals surface area (Å²) in [6.45, 7) is 4.97. The predicted octanol–water partition coefficient (Wildman–Crippen LogP) is 0.898. The van der Waals surface area contributed by atoms with Crippen molar-refractivity contribution in [3.05, 3.63) is 23.5 Å². The highest BCUT2D eigenvalue weighted by atomic mass is 16.5. The average molecular weight is 222 g/mol. The number of carbonyl (C=O) groups is 2. The van der Waals surface area contributed by atoms with Gasteiger partial charge in [0, 0.05) is 6.42 Å². The Labute approximate surface area is 93.6 Å². The van der Waals surface area contributed by atoms with E-state index in [9.17, 15) is 14.7 Å². The molecule has 0 saturated heterocycles. The van der Waals surface area contributed by atoms with E-state index in [1.165, 1.54) is 19.3 Å². The van der Waals surface area contributed by atoms with Crippen LogP contribution in [0.15, 0.2) is 23.5 Å². The molecule has 0 saturated carbocycles. The Morgan fingerprint density at radius 1 is 1.31 bits per heavy atom. The minimum Gasteiger partial charge on any atom is -0.494 e. The molecule has 0 radical (unpaired) electrons. The van der Waals surface area contributed by atoms with Gasteiger partial charge in [-0.05, 0) is 32.4 Å². The fraction of sp³-hybridized carbons (Fsp3) is 0.500. The molecule has 16 heavy (non-hydrogen) atoms. The van der Waals surface area contributed by atoms with E-state index >= 15 is 0 Å². The van der Waals surface area contributed by atoms with Crippen molar-refractivity contribution in [1.82, 2.24) is 0 Å². The molecule has 0 spiro atoms. The van der Waals surface area contributed by atoms with E-state index in [4.69, 9.17) is 4.74 Å². The van der Waals surface area contributed by atoms with Crippen LogP contribution in [0.5, 0.6) is 0 Å². The van der Waals surface area contributed by atoms with Gasteiger partial charge in [0.2, 0.25) is 5.78 Å². The van der Waals surface area contributed by atoms with E-state index < -0.39 is 22.8 Å².